The molecule has 0 saturated heterocycles. The smallest absolute Gasteiger partial charge is 0.129 e. The molecule has 0 fully saturated rings. The number of aliphatic imine (C=N–C) groups is 1. The van der Waals surface area contributed by atoms with Gasteiger partial charge in [-0.1, -0.05) is 30.3 Å². The van der Waals surface area contributed by atoms with Crippen LogP contribution in [0.3, 0.4) is 0 Å². The topological polar surface area (TPSA) is 21.6 Å². The van der Waals surface area contributed by atoms with Crippen molar-refractivity contribution in [3.63, 3.8) is 0 Å². The van der Waals surface area contributed by atoms with Gasteiger partial charge in [-0.2, -0.15) is 0 Å². The molecule has 2 nitrogen and oxygen atoms in total. The first-order valence-electron chi connectivity index (χ1n) is 6.34. The molecule has 2 aromatic carbocycles. The van der Waals surface area contributed by atoms with Crippen molar-refractivity contribution in [1.82, 2.24) is 0 Å². The number of fused-ring (bicyclic) bond motifs is 1. The molecule has 0 heterocycles. The zero-order chi connectivity index (χ0) is 13.8. The summed E-state index contributed by atoms with van der Waals surface area (Å²) in [5.74, 6) is 0.967. The van der Waals surface area contributed by atoms with Crippen LogP contribution in [0.1, 0.15) is 16.7 Å². The molecule has 0 aliphatic rings. The van der Waals surface area contributed by atoms with Crippen LogP contribution in [0.4, 0.5) is 0 Å². The van der Waals surface area contributed by atoms with Crippen LogP contribution >= 0.6 is 0 Å². The van der Waals surface area contributed by atoms with Crippen LogP contribution in [0.2, 0.25) is 0 Å². The maximum atomic E-state index is 5.57. The monoisotopic (exact) mass is 253 g/mol. The lowest BCUT2D eigenvalue weighted by molar-refractivity contribution is 0.416. The van der Waals surface area contributed by atoms with Crippen LogP contribution < -0.4 is 4.74 Å². The van der Waals surface area contributed by atoms with E-state index in [1.54, 1.807) is 20.4 Å². The molecule has 0 radical (unpaired) electrons. The van der Waals surface area contributed by atoms with Gasteiger partial charge in [0.1, 0.15) is 5.75 Å². The molecule has 0 aliphatic heterocycles. The Kier molecular flexibility index (Phi) is 4.00. The van der Waals surface area contributed by atoms with Gasteiger partial charge in [0.25, 0.3) is 0 Å². The summed E-state index contributed by atoms with van der Waals surface area (Å²) in [5.41, 5.74) is 3.59. The number of rotatable bonds is 3. The molecule has 0 saturated carbocycles. The minimum absolute atomic E-state index is 0.967. The molecule has 98 valence electrons. The number of hydrogen-bond donors (Lipinski definition) is 0. The molecule has 0 spiro atoms. The second kappa shape index (κ2) is 5.70. The van der Waals surface area contributed by atoms with E-state index in [-0.39, 0.29) is 0 Å². The van der Waals surface area contributed by atoms with Crippen LogP contribution in [0.25, 0.3) is 16.8 Å². The standard InChI is InChI=1S/C17H19NO/c1-12-7-8-15-10-9-14(6-5-11-18-3)13(2)16(15)17(12)19-4/h5-11H,1-4H3/b6-5-,18-11?. The van der Waals surface area contributed by atoms with Crippen LogP contribution in [0.15, 0.2) is 35.3 Å². The fourth-order valence-corrected chi connectivity index (χ4v) is 2.35. The zero-order valence-electron chi connectivity index (χ0n) is 11.9. The van der Waals surface area contributed by atoms with Crippen molar-refractivity contribution in [2.24, 2.45) is 4.99 Å². The lowest BCUT2D eigenvalue weighted by atomic mass is 9.97. The summed E-state index contributed by atoms with van der Waals surface area (Å²) in [5, 5.41) is 2.40. The van der Waals surface area contributed by atoms with E-state index in [1.807, 2.05) is 6.08 Å². The van der Waals surface area contributed by atoms with E-state index in [0.717, 1.165) is 11.3 Å². The molecule has 0 aliphatic carbocycles. The van der Waals surface area contributed by atoms with Crippen LogP contribution in [0, 0.1) is 13.8 Å². The minimum atomic E-state index is 0.967. The predicted molar refractivity (Wildman–Crippen MR) is 83.4 cm³/mol. The number of ether oxygens (including phenoxy) is 1. The average molecular weight is 253 g/mol. The van der Waals surface area contributed by atoms with Crippen molar-refractivity contribution < 1.29 is 4.74 Å². The molecule has 2 heteroatoms. The third kappa shape index (κ3) is 2.53. The lowest BCUT2D eigenvalue weighted by Gasteiger charge is -2.13. The summed E-state index contributed by atoms with van der Waals surface area (Å²) in [6.45, 7) is 4.21. The average Bonchev–Trinajstić information content (AvgIpc) is 2.42. The maximum Gasteiger partial charge on any atom is 0.129 e. The van der Waals surface area contributed by atoms with Crippen molar-refractivity contribution in [3.8, 4) is 5.75 Å². The van der Waals surface area contributed by atoms with Gasteiger partial charge in [0.15, 0.2) is 0 Å². The third-order valence-corrected chi connectivity index (χ3v) is 3.35. The SMILES string of the molecule is CN=C/C=C\c1ccc2ccc(C)c(OC)c2c1C. The van der Waals surface area contributed by atoms with Gasteiger partial charge in [-0.25, -0.2) is 0 Å². The van der Waals surface area contributed by atoms with E-state index in [0.29, 0.717) is 0 Å². The highest BCUT2D eigenvalue weighted by molar-refractivity contribution is 5.95. The molecular weight excluding hydrogens is 234 g/mol. The second-order valence-corrected chi connectivity index (χ2v) is 4.56. The number of methoxy groups -OCH3 is 1. The summed E-state index contributed by atoms with van der Waals surface area (Å²) < 4.78 is 5.57. The molecule has 2 rings (SSSR count). The third-order valence-electron chi connectivity index (χ3n) is 3.35. The van der Waals surface area contributed by atoms with Gasteiger partial charge in [0, 0.05) is 18.6 Å². The van der Waals surface area contributed by atoms with E-state index >= 15 is 0 Å². The summed E-state index contributed by atoms with van der Waals surface area (Å²) in [6, 6.07) is 8.50. The first-order valence-corrected chi connectivity index (χ1v) is 6.34. The fraction of sp³-hybridized carbons (Fsp3) is 0.235. The first-order chi connectivity index (χ1) is 9.19. The van der Waals surface area contributed by atoms with Gasteiger partial charge in [0.2, 0.25) is 0 Å². The summed E-state index contributed by atoms with van der Waals surface area (Å²) >= 11 is 0. The highest BCUT2D eigenvalue weighted by Gasteiger charge is 2.09. The number of aryl methyl sites for hydroxylation is 2. The van der Waals surface area contributed by atoms with Gasteiger partial charge >= 0.3 is 0 Å². The molecule has 2 aromatic rings. The normalized spacial score (nSPS) is 11.8. The largest absolute Gasteiger partial charge is 0.496 e. The van der Waals surface area contributed by atoms with Gasteiger partial charge in [-0.3, -0.25) is 4.99 Å². The maximum absolute atomic E-state index is 5.57. The molecule has 19 heavy (non-hydrogen) atoms. The van der Waals surface area contributed by atoms with Crippen LogP contribution in [-0.2, 0) is 0 Å². The summed E-state index contributed by atoms with van der Waals surface area (Å²) in [6.07, 6.45) is 5.82. The van der Waals surface area contributed by atoms with Crippen LogP contribution in [-0.4, -0.2) is 20.4 Å². The number of allylic oxidation sites excluding steroid dienone is 1. The Balaban J connectivity index is 2.68. The quantitative estimate of drug-likeness (QED) is 0.752. The molecular formula is C17H19NO. The highest BCUT2D eigenvalue weighted by atomic mass is 16.5. The van der Waals surface area contributed by atoms with Crippen molar-refractivity contribution in [1.29, 1.82) is 0 Å². The van der Waals surface area contributed by atoms with E-state index < -0.39 is 0 Å². The molecule has 0 atom stereocenters. The Labute approximate surface area is 114 Å². The second-order valence-electron chi connectivity index (χ2n) is 4.56. The van der Waals surface area contributed by atoms with Crippen molar-refractivity contribution >= 4 is 23.1 Å². The molecule has 0 N–H and O–H groups in total. The molecule has 0 bridgehead atoms. The molecule has 0 aromatic heterocycles. The first kappa shape index (κ1) is 13.3. The van der Waals surface area contributed by atoms with Gasteiger partial charge in [-0.05, 0) is 42.0 Å². The van der Waals surface area contributed by atoms with Crippen molar-refractivity contribution in [3.05, 3.63) is 47.0 Å². The number of nitrogens with zero attached hydrogens (tertiary/aromatic N) is 1. The summed E-state index contributed by atoms with van der Waals surface area (Å²) in [4.78, 5) is 3.95. The Morgan fingerprint density at radius 3 is 2.53 bits per heavy atom. The van der Waals surface area contributed by atoms with E-state index in [2.05, 4.69) is 49.2 Å². The van der Waals surface area contributed by atoms with E-state index in [9.17, 15) is 0 Å². The Hall–Kier alpha value is -2.09. The minimum Gasteiger partial charge on any atom is -0.496 e. The van der Waals surface area contributed by atoms with Gasteiger partial charge in [-0.15, -0.1) is 0 Å². The van der Waals surface area contributed by atoms with Crippen molar-refractivity contribution in [2.45, 2.75) is 13.8 Å². The van der Waals surface area contributed by atoms with Gasteiger partial charge in [0.05, 0.1) is 7.11 Å². The van der Waals surface area contributed by atoms with Gasteiger partial charge < -0.3 is 4.74 Å². The molecule has 0 amide bonds. The van der Waals surface area contributed by atoms with Crippen LogP contribution in [0.5, 0.6) is 5.75 Å². The number of hydrogen-bond acceptors (Lipinski definition) is 2. The highest BCUT2D eigenvalue weighted by Crippen LogP contribution is 2.33. The van der Waals surface area contributed by atoms with E-state index in [4.69, 9.17) is 4.74 Å². The number of benzene rings is 2. The van der Waals surface area contributed by atoms with Crippen molar-refractivity contribution in [2.75, 3.05) is 14.2 Å². The lowest BCUT2D eigenvalue weighted by Crippen LogP contribution is -1.92. The zero-order valence-corrected chi connectivity index (χ0v) is 11.9. The Morgan fingerprint density at radius 2 is 1.84 bits per heavy atom. The Bertz CT molecular complexity index is 654. The van der Waals surface area contributed by atoms with E-state index in [1.165, 1.54) is 21.9 Å². The summed E-state index contributed by atoms with van der Waals surface area (Å²) in [7, 11) is 3.50. The Morgan fingerprint density at radius 1 is 1.11 bits per heavy atom. The fourth-order valence-electron chi connectivity index (χ4n) is 2.35. The molecule has 0 unspecified atom stereocenters. The predicted octanol–water partition coefficient (Wildman–Crippen LogP) is 4.18.